The number of fused-ring (bicyclic) bond motifs is 1. The van der Waals surface area contributed by atoms with E-state index in [-0.39, 0.29) is 53.1 Å². The van der Waals surface area contributed by atoms with Crippen LogP contribution in [0.25, 0.3) is 5.65 Å². The summed E-state index contributed by atoms with van der Waals surface area (Å²) in [4.78, 5) is 16.6. The summed E-state index contributed by atoms with van der Waals surface area (Å²) in [6.07, 6.45) is 0.107. The molecule has 2 aromatic heterocycles. The van der Waals surface area contributed by atoms with Crippen LogP contribution in [0.2, 0.25) is 5.02 Å². The summed E-state index contributed by atoms with van der Waals surface area (Å²) in [5.74, 6) is 0. The standard InChI is InChI=1S/C19H22ClN5O/c20-16-5-3-6-17(15-16)23-13-11-22(12-14-23)8-4-10-25-19(26)24-9-2-1-7-18(24)21-25/h1-3,5-7,9,15H,4,8,10-14H2/i1D,2D,3D,5D,6D,7D,9D,15D. The van der Waals surface area contributed by atoms with Crippen molar-refractivity contribution in [3.8, 4) is 0 Å². The smallest absolute Gasteiger partial charge is 0.350 e. The highest BCUT2D eigenvalue weighted by Gasteiger charge is 2.17. The molecule has 0 bridgehead atoms. The van der Waals surface area contributed by atoms with Crippen LogP contribution in [0, 0.1) is 0 Å². The van der Waals surface area contributed by atoms with Gasteiger partial charge in [-0.2, -0.15) is 0 Å². The van der Waals surface area contributed by atoms with E-state index in [9.17, 15) is 4.79 Å². The summed E-state index contributed by atoms with van der Waals surface area (Å²) in [7, 11) is 0. The maximum absolute atomic E-state index is 12.6. The lowest BCUT2D eigenvalue weighted by molar-refractivity contribution is 0.248. The van der Waals surface area contributed by atoms with Gasteiger partial charge in [-0.15, -0.1) is 5.10 Å². The molecule has 0 radical (unpaired) electrons. The van der Waals surface area contributed by atoms with Gasteiger partial charge in [-0.05, 0) is 36.6 Å². The van der Waals surface area contributed by atoms with Gasteiger partial charge in [0.25, 0.3) is 0 Å². The second-order valence-electron chi connectivity index (χ2n) is 6.00. The van der Waals surface area contributed by atoms with Crippen LogP contribution in [0.1, 0.15) is 17.4 Å². The zero-order chi connectivity index (χ0) is 24.9. The van der Waals surface area contributed by atoms with Gasteiger partial charge in [0.05, 0.1) is 11.0 Å². The molecule has 1 saturated heterocycles. The fourth-order valence-electron chi connectivity index (χ4n) is 3.02. The summed E-state index contributed by atoms with van der Waals surface area (Å²) >= 11 is 6.02. The van der Waals surface area contributed by atoms with E-state index in [1.807, 2.05) is 4.90 Å². The Morgan fingerprint density at radius 1 is 1.08 bits per heavy atom. The average Bonchev–Trinajstić information content (AvgIpc) is 3.16. The first-order chi connectivity index (χ1) is 16.0. The largest absolute Gasteiger partial charge is 0.369 e. The maximum Gasteiger partial charge on any atom is 0.350 e. The highest BCUT2D eigenvalue weighted by atomic mass is 35.5. The van der Waals surface area contributed by atoms with Gasteiger partial charge in [0.1, 0.15) is 0 Å². The second-order valence-corrected chi connectivity index (χ2v) is 6.37. The van der Waals surface area contributed by atoms with Crippen molar-refractivity contribution in [1.29, 1.82) is 0 Å². The van der Waals surface area contributed by atoms with Crippen molar-refractivity contribution in [3.63, 3.8) is 0 Å². The summed E-state index contributed by atoms with van der Waals surface area (Å²) in [5.41, 5.74) is -0.450. The molecule has 0 unspecified atom stereocenters. The predicted octanol–water partition coefficient (Wildman–Crippen LogP) is 2.36. The number of aromatic nitrogens is 3. The minimum absolute atomic E-state index is 0.104. The van der Waals surface area contributed by atoms with E-state index in [2.05, 4.69) is 10.00 Å². The molecule has 136 valence electrons. The molecule has 0 amide bonds. The Hall–Kier alpha value is -2.31. The fourth-order valence-corrected chi connectivity index (χ4v) is 3.15. The molecule has 7 heteroatoms. The minimum atomic E-state index is -0.612. The lowest BCUT2D eigenvalue weighted by Crippen LogP contribution is -2.46. The molecule has 6 nitrogen and oxygen atoms in total. The van der Waals surface area contributed by atoms with Gasteiger partial charge >= 0.3 is 5.69 Å². The third kappa shape index (κ3) is 3.61. The number of hydrogen-bond acceptors (Lipinski definition) is 4. The Morgan fingerprint density at radius 2 is 1.92 bits per heavy atom. The first kappa shape index (κ1) is 10.1. The van der Waals surface area contributed by atoms with Crippen LogP contribution in [0.4, 0.5) is 5.69 Å². The van der Waals surface area contributed by atoms with Gasteiger partial charge in [-0.25, -0.2) is 9.48 Å². The van der Waals surface area contributed by atoms with E-state index in [0.717, 1.165) is 9.08 Å². The number of anilines is 1. The number of rotatable bonds is 5. The van der Waals surface area contributed by atoms with Crippen LogP contribution in [0.15, 0.2) is 53.3 Å². The van der Waals surface area contributed by atoms with Crippen LogP contribution >= 0.6 is 11.6 Å². The molecular formula is C19H22ClN5O. The quantitative estimate of drug-likeness (QED) is 0.682. The lowest BCUT2D eigenvalue weighted by Gasteiger charge is -2.36. The van der Waals surface area contributed by atoms with Crippen molar-refractivity contribution in [3.05, 3.63) is 64.0 Å². The molecule has 1 aromatic carbocycles. The molecule has 0 N–H and O–H groups in total. The number of piperazine rings is 1. The molecular weight excluding hydrogens is 350 g/mol. The van der Waals surface area contributed by atoms with Gasteiger partial charge in [0.2, 0.25) is 0 Å². The zero-order valence-electron chi connectivity index (χ0n) is 22.0. The number of halogens is 1. The van der Waals surface area contributed by atoms with E-state index < -0.39 is 23.9 Å². The van der Waals surface area contributed by atoms with E-state index in [1.165, 1.54) is 0 Å². The molecule has 0 atom stereocenters. The van der Waals surface area contributed by atoms with Crippen LogP contribution < -0.4 is 10.6 Å². The maximum atomic E-state index is 12.6. The highest BCUT2D eigenvalue weighted by Crippen LogP contribution is 2.20. The van der Waals surface area contributed by atoms with E-state index in [0.29, 0.717) is 39.1 Å². The predicted molar refractivity (Wildman–Crippen MR) is 104 cm³/mol. The first-order valence-electron chi connectivity index (χ1n) is 12.3. The molecule has 1 aliphatic heterocycles. The molecule has 1 fully saturated rings. The molecule has 1 aliphatic rings. The van der Waals surface area contributed by atoms with E-state index in [4.69, 9.17) is 22.6 Å². The lowest BCUT2D eigenvalue weighted by atomic mass is 10.2. The fraction of sp³-hybridized carbons (Fsp3) is 0.368. The minimum Gasteiger partial charge on any atom is -0.369 e. The average molecular weight is 380 g/mol. The number of nitrogens with zero attached hydrogens (tertiary/aromatic N) is 5. The van der Waals surface area contributed by atoms with Gasteiger partial charge < -0.3 is 4.90 Å². The molecule has 0 saturated carbocycles. The van der Waals surface area contributed by atoms with Crippen molar-refractivity contribution in [2.45, 2.75) is 13.0 Å². The third-order valence-corrected chi connectivity index (χ3v) is 4.55. The Morgan fingerprint density at radius 3 is 2.77 bits per heavy atom. The van der Waals surface area contributed by atoms with Crippen molar-refractivity contribution in [1.82, 2.24) is 19.1 Å². The molecule has 26 heavy (non-hydrogen) atoms. The number of hydrogen-bond donors (Lipinski definition) is 0. The van der Waals surface area contributed by atoms with Gasteiger partial charge in [0, 0.05) is 56.2 Å². The van der Waals surface area contributed by atoms with Crippen molar-refractivity contribution >= 4 is 22.9 Å². The molecule has 4 rings (SSSR count). The van der Waals surface area contributed by atoms with Gasteiger partial charge in [-0.3, -0.25) is 9.30 Å². The Labute approximate surface area is 168 Å². The van der Waals surface area contributed by atoms with Crippen LogP contribution in [-0.2, 0) is 6.54 Å². The van der Waals surface area contributed by atoms with E-state index >= 15 is 0 Å². The number of pyridine rings is 1. The van der Waals surface area contributed by atoms with Crippen LogP contribution in [-0.4, -0.2) is 51.8 Å². The van der Waals surface area contributed by atoms with Gasteiger partial charge in [-0.1, -0.05) is 23.7 Å². The van der Waals surface area contributed by atoms with Crippen molar-refractivity contribution in [2.24, 2.45) is 0 Å². The van der Waals surface area contributed by atoms with Crippen LogP contribution in [0.3, 0.4) is 0 Å². The Balaban J connectivity index is 1.40. The monoisotopic (exact) mass is 379 g/mol. The van der Waals surface area contributed by atoms with Crippen molar-refractivity contribution in [2.75, 3.05) is 37.6 Å². The SMILES string of the molecule is [2H]c1c([2H])c(Cl)c([2H])c(N2CCN(CCCn3nc4c([2H])c([2H])c([2H])c([2H])n4c3=O)CC2)c1[2H]. The molecule has 3 heterocycles. The Kier molecular flexibility index (Phi) is 2.93. The van der Waals surface area contributed by atoms with E-state index in [1.54, 1.807) is 0 Å². The number of aryl methyl sites for hydroxylation is 1. The first-order valence-corrected chi connectivity index (χ1v) is 8.71. The highest BCUT2D eigenvalue weighted by molar-refractivity contribution is 6.30. The molecule has 3 aromatic rings. The van der Waals surface area contributed by atoms with Crippen LogP contribution in [0.5, 0.6) is 0 Å². The summed E-state index contributed by atoms with van der Waals surface area (Å²) < 4.78 is 65.4. The summed E-state index contributed by atoms with van der Waals surface area (Å²) in [6.45, 7) is 3.18. The number of benzene rings is 1. The third-order valence-electron chi connectivity index (χ3n) is 4.36. The molecule has 0 aliphatic carbocycles. The van der Waals surface area contributed by atoms with Crippen molar-refractivity contribution < 1.29 is 11.0 Å². The Bertz CT molecular complexity index is 1310. The summed E-state index contributed by atoms with van der Waals surface area (Å²) in [5, 5.41) is 3.97. The normalized spacial score (nSPS) is 20.0. The van der Waals surface area contributed by atoms with Gasteiger partial charge in [0.15, 0.2) is 5.65 Å². The zero-order valence-corrected chi connectivity index (χ0v) is 14.7. The second kappa shape index (κ2) is 7.51. The molecule has 0 spiro atoms. The summed E-state index contributed by atoms with van der Waals surface area (Å²) in [6, 6.07) is -2.16. The topological polar surface area (TPSA) is 45.8 Å².